The van der Waals surface area contributed by atoms with Gasteiger partial charge in [-0.15, -0.1) is 11.3 Å². The second-order valence-electron chi connectivity index (χ2n) is 3.77. The lowest BCUT2D eigenvalue weighted by Crippen LogP contribution is -1.81. The smallest absolute Gasteiger partial charge is 0.255 e. The van der Waals surface area contributed by atoms with Crippen LogP contribution in [0.5, 0.6) is 0 Å². The Bertz CT molecular complexity index is 659. The third kappa shape index (κ3) is 2.05. The van der Waals surface area contributed by atoms with E-state index in [9.17, 15) is 0 Å². The van der Waals surface area contributed by atoms with E-state index in [0.717, 1.165) is 26.2 Å². The Morgan fingerprint density at radius 2 is 2.00 bits per heavy atom. The molecule has 0 amide bonds. The van der Waals surface area contributed by atoms with Gasteiger partial charge in [0.1, 0.15) is 6.26 Å². The van der Waals surface area contributed by atoms with Crippen LogP contribution in [-0.2, 0) is 0 Å². The van der Waals surface area contributed by atoms with E-state index in [0.29, 0.717) is 5.89 Å². The summed E-state index contributed by atoms with van der Waals surface area (Å²) in [4.78, 5) is 9.81. The van der Waals surface area contributed by atoms with Gasteiger partial charge in [-0.1, -0.05) is 23.7 Å². The molecule has 5 heteroatoms. The zero-order valence-corrected chi connectivity index (χ0v) is 11.1. The number of thiazole rings is 1. The van der Waals surface area contributed by atoms with Crippen molar-refractivity contribution in [3.05, 3.63) is 46.6 Å². The van der Waals surface area contributed by atoms with E-state index in [2.05, 4.69) is 9.97 Å². The van der Waals surface area contributed by atoms with E-state index >= 15 is 0 Å². The molecule has 1 aromatic carbocycles. The van der Waals surface area contributed by atoms with Crippen molar-refractivity contribution in [3.63, 3.8) is 0 Å². The second kappa shape index (κ2) is 4.55. The molecule has 0 N–H and O–H groups in total. The van der Waals surface area contributed by atoms with Crippen LogP contribution in [0.4, 0.5) is 0 Å². The van der Waals surface area contributed by atoms with Gasteiger partial charge in [-0.3, -0.25) is 0 Å². The average Bonchev–Trinajstić information content (AvgIpc) is 2.99. The van der Waals surface area contributed by atoms with E-state index in [4.69, 9.17) is 16.0 Å². The average molecular weight is 277 g/mol. The highest BCUT2D eigenvalue weighted by Crippen LogP contribution is 2.32. The van der Waals surface area contributed by atoms with Gasteiger partial charge in [0.25, 0.3) is 5.89 Å². The first-order chi connectivity index (χ1) is 8.74. The van der Waals surface area contributed by atoms with Crippen LogP contribution in [0.25, 0.3) is 22.2 Å². The molecule has 18 heavy (non-hydrogen) atoms. The van der Waals surface area contributed by atoms with Gasteiger partial charge in [0.2, 0.25) is 0 Å². The predicted molar refractivity (Wildman–Crippen MR) is 72.8 cm³/mol. The van der Waals surface area contributed by atoms with Crippen LogP contribution in [0, 0.1) is 6.92 Å². The third-order valence-electron chi connectivity index (χ3n) is 2.53. The molecule has 3 nitrogen and oxygen atoms in total. The molecule has 3 aromatic rings. The molecule has 0 fully saturated rings. The minimum absolute atomic E-state index is 0.559. The first kappa shape index (κ1) is 11.4. The summed E-state index contributed by atoms with van der Waals surface area (Å²) in [7, 11) is 0. The fourth-order valence-electron chi connectivity index (χ4n) is 1.69. The summed E-state index contributed by atoms with van der Waals surface area (Å²) in [6.07, 6.45) is 3.17. The second-order valence-corrected chi connectivity index (χ2v) is 5.41. The summed E-state index contributed by atoms with van der Waals surface area (Å²) in [5.41, 5.74) is 2.00. The molecule has 0 aliphatic carbocycles. The number of hydrogen-bond donors (Lipinski definition) is 0. The molecule has 2 aromatic heterocycles. The van der Waals surface area contributed by atoms with Crippen LogP contribution in [0.15, 0.2) is 41.1 Å². The molecule has 0 aliphatic heterocycles. The Morgan fingerprint density at radius 1 is 1.22 bits per heavy atom. The maximum Gasteiger partial charge on any atom is 0.255 e. The zero-order chi connectivity index (χ0) is 12.5. The lowest BCUT2D eigenvalue weighted by molar-refractivity contribution is 0.574. The first-order valence-electron chi connectivity index (χ1n) is 5.37. The fraction of sp³-hybridized carbons (Fsp3) is 0.0769. The number of nitrogens with zero attached hydrogens (tertiary/aromatic N) is 2. The number of hydrogen-bond acceptors (Lipinski definition) is 4. The van der Waals surface area contributed by atoms with Crippen LogP contribution in [0.2, 0.25) is 5.02 Å². The molecular formula is C13H9ClN2OS. The van der Waals surface area contributed by atoms with Crippen LogP contribution >= 0.6 is 22.9 Å². The standard InChI is InChI=1S/C13H9ClN2OS/c1-8-11(9-2-4-10(14)5-3-9)16-13(18-8)12-15-6-7-17-12/h2-7H,1H3. The summed E-state index contributed by atoms with van der Waals surface area (Å²) in [6.45, 7) is 2.04. The minimum Gasteiger partial charge on any atom is -0.443 e. The van der Waals surface area contributed by atoms with Gasteiger partial charge in [0.15, 0.2) is 5.01 Å². The molecule has 0 saturated carbocycles. The minimum atomic E-state index is 0.559. The van der Waals surface area contributed by atoms with E-state index in [1.807, 2.05) is 31.2 Å². The van der Waals surface area contributed by atoms with Gasteiger partial charge in [-0.05, 0) is 19.1 Å². The van der Waals surface area contributed by atoms with Gasteiger partial charge in [0.05, 0.1) is 11.9 Å². The highest BCUT2D eigenvalue weighted by molar-refractivity contribution is 7.15. The summed E-state index contributed by atoms with van der Waals surface area (Å²) in [5.74, 6) is 0.559. The maximum atomic E-state index is 5.88. The molecular weight excluding hydrogens is 268 g/mol. The maximum absolute atomic E-state index is 5.88. The number of rotatable bonds is 2. The number of aromatic nitrogens is 2. The Kier molecular flexibility index (Phi) is 2.89. The summed E-state index contributed by atoms with van der Waals surface area (Å²) in [6, 6.07) is 7.65. The Morgan fingerprint density at radius 3 is 2.67 bits per heavy atom. The highest BCUT2D eigenvalue weighted by Gasteiger charge is 2.13. The number of halogens is 1. The third-order valence-corrected chi connectivity index (χ3v) is 3.74. The van der Waals surface area contributed by atoms with E-state index in [-0.39, 0.29) is 0 Å². The largest absolute Gasteiger partial charge is 0.443 e. The number of oxazole rings is 1. The molecule has 0 aliphatic rings. The molecule has 90 valence electrons. The Labute approximate surface area is 113 Å². The number of benzene rings is 1. The molecule has 0 saturated heterocycles. The van der Waals surface area contributed by atoms with Crippen molar-refractivity contribution in [2.24, 2.45) is 0 Å². The Balaban J connectivity index is 2.06. The van der Waals surface area contributed by atoms with E-state index in [1.54, 1.807) is 23.8 Å². The molecule has 0 bridgehead atoms. The number of aryl methyl sites for hydroxylation is 1. The summed E-state index contributed by atoms with van der Waals surface area (Å²) >= 11 is 7.45. The van der Waals surface area contributed by atoms with Crippen molar-refractivity contribution in [3.8, 4) is 22.2 Å². The van der Waals surface area contributed by atoms with Crippen molar-refractivity contribution in [1.82, 2.24) is 9.97 Å². The van der Waals surface area contributed by atoms with Crippen molar-refractivity contribution in [1.29, 1.82) is 0 Å². The van der Waals surface area contributed by atoms with Gasteiger partial charge in [-0.2, -0.15) is 0 Å². The van der Waals surface area contributed by atoms with Crippen molar-refractivity contribution in [2.75, 3.05) is 0 Å². The zero-order valence-electron chi connectivity index (χ0n) is 9.55. The monoisotopic (exact) mass is 276 g/mol. The van der Waals surface area contributed by atoms with Crippen LogP contribution in [0.3, 0.4) is 0 Å². The van der Waals surface area contributed by atoms with E-state index in [1.165, 1.54) is 0 Å². The SMILES string of the molecule is Cc1sc(-c2ncco2)nc1-c1ccc(Cl)cc1. The van der Waals surface area contributed by atoms with Crippen molar-refractivity contribution in [2.45, 2.75) is 6.92 Å². The topological polar surface area (TPSA) is 38.9 Å². The van der Waals surface area contributed by atoms with Gasteiger partial charge in [0, 0.05) is 15.5 Å². The molecule has 0 unspecified atom stereocenters. The normalized spacial score (nSPS) is 10.8. The molecule has 0 radical (unpaired) electrons. The molecule has 3 rings (SSSR count). The highest BCUT2D eigenvalue weighted by atomic mass is 35.5. The first-order valence-corrected chi connectivity index (χ1v) is 6.57. The lowest BCUT2D eigenvalue weighted by Gasteiger charge is -1.98. The van der Waals surface area contributed by atoms with Gasteiger partial charge in [-0.25, -0.2) is 9.97 Å². The van der Waals surface area contributed by atoms with Crippen LogP contribution < -0.4 is 0 Å². The summed E-state index contributed by atoms with van der Waals surface area (Å²) < 4.78 is 5.26. The molecule has 0 spiro atoms. The fourth-order valence-corrected chi connectivity index (χ4v) is 2.69. The quantitative estimate of drug-likeness (QED) is 0.695. The summed E-state index contributed by atoms with van der Waals surface area (Å²) in [5, 5.41) is 1.52. The molecule has 0 atom stereocenters. The lowest BCUT2D eigenvalue weighted by atomic mass is 10.1. The van der Waals surface area contributed by atoms with Crippen molar-refractivity contribution >= 4 is 22.9 Å². The van der Waals surface area contributed by atoms with Gasteiger partial charge < -0.3 is 4.42 Å². The van der Waals surface area contributed by atoms with Gasteiger partial charge >= 0.3 is 0 Å². The molecule has 2 heterocycles. The van der Waals surface area contributed by atoms with Crippen LogP contribution in [0.1, 0.15) is 4.88 Å². The van der Waals surface area contributed by atoms with Crippen LogP contribution in [-0.4, -0.2) is 9.97 Å². The predicted octanol–water partition coefficient (Wildman–Crippen LogP) is 4.43. The van der Waals surface area contributed by atoms with E-state index < -0.39 is 0 Å². The Hall–Kier alpha value is -1.65. The van der Waals surface area contributed by atoms with Crippen molar-refractivity contribution < 1.29 is 4.42 Å².